The summed E-state index contributed by atoms with van der Waals surface area (Å²) >= 11 is 0. The van der Waals surface area contributed by atoms with Crippen LogP contribution < -0.4 is 5.43 Å². The molecule has 3 aromatic carbocycles. The SMILES string of the molecule is O=C(Cn1nnc(-c2ccccc2)n1)NN=Cc1cn(Cc2ccccc2)c2ccccc12. The van der Waals surface area contributed by atoms with Crippen molar-refractivity contribution < 1.29 is 4.79 Å². The second kappa shape index (κ2) is 9.27. The van der Waals surface area contributed by atoms with Crippen LogP contribution in [0.3, 0.4) is 0 Å². The van der Waals surface area contributed by atoms with E-state index in [0.29, 0.717) is 5.82 Å². The maximum absolute atomic E-state index is 12.3. The van der Waals surface area contributed by atoms with Crippen LogP contribution in [0.1, 0.15) is 11.1 Å². The summed E-state index contributed by atoms with van der Waals surface area (Å²) in [7, 11) is 0. The molecule has 5 aromatic rings. The van der Waals surface area contributed by atoms with E-state index in [9.17, 15) is 4.79 Å². The predicted octanol–water partition coefficient (Wildman–Crippen LogP) is 3.49. The highest BCUT2D eigenvalue weighted by Crippen LogP contribution is 2.21. The smallest absolute Gasteiger partial charge is 0.263 e. The fourth-order valence-corrected chi connectivity index (χ4v) is 3.64. The Morgan fingerprint density at radius 2 is 1.67 bits per heavy atom. The van der Waals surface area contributed by atoms with E-state index in [2.05, 4.69) is 48.7 Å². The number of aromatic nitrogens is 5. The Hall–Kier alpha value is -4.59. The number of rotatable bonds is 7. The van der Waals surface area contributed by atoms with Crippen molar-refractivity contribution in [3.63, 3.8) is 0 Å². The van der Waals surface area contributed by atoms with Gasteiger partial charge < -0.3 is 4.57 Å². The van der Waals surface area contributed by atoms with Crippen molar-refractivity contribution in [1.29, 1.82) is 0 Å². The van der Waals surface area contributed by atoms with Crippen LogP contribution in [-0.4, -0.2) is 36.9 Å². The number of para-hydroxylation sites is 1. The van der Waals surface area contributed by atoms with E-state index in [-0.39, 0.29) is 12.5 Å². The number of hydrogen-bond donors (Lipinski definition) is 1. The molecule has 0 aliphatic carbocycles. The molecule has 8 nitrogen and oxygen atoms in total. The molecule has 5 rings (SSSR count). The summed E-state index contributed by atoms with van der Waals surface area (Å²) in [5.41, 5.74) is 6.63. The monoisotopic (exact) mass is 435 g/mol. The zero-order valence-electron chi connectivity index (χ0n) is 17.7. The maximum Gasteiger partial charge on any atom is 0.263 e. The van der Waals surface area contributed by atoms with Crippen molar-refractivity contribution >= 4 is 23.0 Å². The lowest BCUT2D eigenvalue weighted by atomic mass is 10.2. The van der Waals surface area contributed by atoms with Crippen molar-refractivity contribution in [2.24, 2.45) is 5.10 Å². The number of amides is 1. The van der Waals surface area contributed by atoms with E-state index in [1.54, 1.807) is 6.21 Å². The van der Waals surface area contributed by atoms with Gasteiger partial charge in [-0.05, 0) is 16.8 Å². The van der Waals surface area contributed by atoms with Gasteiger partial charge in [0.2, 0.25) is 5.82 Å². The summed E-state index contributed by atoms with van der Waals surface area (Å²) in [6.45, 7) is 0.677. The molecule has 33 heavy (non-hydrogen) atoms. The molecule has 0 unspecified atom stereocenters. The van der Waals surface area contributed by atoms with E-state index in [4.69, 9.17) is 0 Å². The van der Waals surface area contributed by atoms with Crippen molar-refractivity contribution in [2.45, 2.75) is 13.1 Å². The molecule has 2 heterocycles. The van der Waals surface area contributed by atoms with Crippen LogP contribution in [0, 0.1) is 0 Å². The number of nitrogens with one attached hydrogen (secondary N) is 1. The number of nitrogens with zero attached hydrogens (tertiary/aromatic N) is 6. The Morgan fingerprint density at radius 1 is 0.939 bits per heavy atom. The van der Waals surface area contributed by atoms with E-state index in [1.807, 2.05) is 72.9 Å². The van der Waals surface area contributed by atoms with Gasteiger partial charge in [-0.3, -0.25) is 4.79 Å². The first-order valence-corrected chi connectivity index (χ1v) is 10.5. The first-order valence-electron chi connectivity index (χ1n) is 10.5. The minimum Gasteiger partial charge on any atom is -0.342 e. The lowest BCUT2D eigenvalue weighted by Crippen LogP contribution is -2.24. The van der Waals surface area contributed by atoms with Crippen LogP contribution in [0.15, 0.2) is 96.2 Å². The van der Waals surface area contributed by atoms with Gasteiger partial charge in [0.1, 0.15) is 6.54 Å². The fraction of sp³-hybridized carbons (Fsp3) is 0.0800. The van der Waals surface area contributed by atoms with Gasteiger partial charge in [-0.15, -0.1) is 10.2 Å². The van der Waals surface area contributed by atoms with Gasteiger partial charge in [-0.1, -0.05) is 78.9 Å². The summed E-state index contributed by atoms with van der Waals surface area (Å²) in [4.78, 5) is 13.5. The molecule has 0 aliphatic rings. The second-order valence-corrected chi connectivity index (χ2v) is 7.52. The van der Waals surface area contributed by atoms with Gasteiger partial charge in [0.25, 0.3) is 5.91 Å². The molecule has 162 valence electrons. The molecular weight excluding hydrogens is 414 g/mol. The Balaban J connectivity index is 1.26. The summed E-state index contributed by atoms with van der Waals surface area (Å²) in [6.07, 6.45) is 3.70. The Bertz CT molecular complexity index is 1400. The summed E-state index contributed by atoms with van der Waals surface area (Å²) in [5.74, 6) is 0.134. The number of hydrazone groups is 1. The third kappa shape index (κ3) is 4.69. The average Bonchev–Trinajstić information content (AvgIpc) is 3.46. The third-order valence-corrected chi connectivity index (χ3v) is 5.18. The fourth-order valence-electron chi connectivity index (χ4n) is 3.64. The highest BCUT2D eigenvalue weighted by Gasteiger charge is 2.10. The summed E-state index contributed by atoms with van der Waals surface area (Å²) < 4.78 is 2.18. The van der Waals surface area contributed by atoms with Gasteiger partial charge in [0, 0.05) is 34.8 Å². The van der Waals surface area contributed by atoms with Crippen LogP contribution in [0.25, 0.3) is 22.3 Å². The number of benzene rings is 3. The molecule has 0 saturated heterocycles. The predicted molar refractivity (Wildman–Crippen MR) is 126 cm³/mol. The molecular formula is C25H21N7O. The maximum atomic E-state index is 12.3. The lowest BCUT2D eigenvalue weighted by Gasteiger charge is -2.05. The van der Waals surface area contributed by atoms with E-state index < -0.39 is 0 Å². The van der Waals surface area contributed by atoms with Crippen LogP contribution in [0.4, 0.5) is 0 Å². The Labute approximate surface area is 190 Å². The normalized spacial score (nSPS) is 11.3. The molecule has 0 radical (unpaired) electrons. The molecule has 1 N–H and O–H groups in total. The van der Waals surface area contributed by atoms with E-state index in [1.165, 1.54) is 10.4 Å². The number of hydrogen-bond acceptors (Lipinski definition) is 5. The second-order valence-electron chi connectivity index (χ2n) is 7.52. The Morgan fingerprint density at radius 3 is 2.48 bits per heavy atom. The zero-order chi connectivity index (χ0) is 22.5. The van der Waals surface area contributed by atoms with Crippen molar-refractivity contribution in [3.05, 3.63) is 102 Å². The topological polar surface area (TPSA) is 90.0 Å². The molecule has 0 aliphatic heterocycles. The minimum atomic E-state index is -0.337. The summed E-state index contributed by atoms with van der Waals surface area (Å²) in [6, 6.07) is 27.9. The molecule has 0 atom stereocenters. The van der Waals surface area contributed by atoms with E-state index >= 15 is 0 Å². The first kappa shape index (κ1) is 20.3. The minimum absolute atomic E-state index is 0.0764. The quantitative estimate of drug-likeness (QED) is 0.313. The van der Waals surface area contributed by atoms with Crippen LogP contribution in [-0.2, 0) is 17.9 Å². The van der Waals surface area contributed by atoms with Gasteiger partial charge in [0.15, 0.2) is 0 Å². The van der Waals surface area contributed by atoms with Crippen LogP contribution in [0.2, 0.25) is 0 Å². The number of fused-ring (bicyclic) bond motifs is 1. The number of carbonyl (C=O) groups is 1. The highest BCUT2D eigenvalue weighted by atomic mass is 16.2. The molecule has 0 saturated carbocycles. The Kier molecular flexibility index (Phi) is 5.71. The third-order valence-electron chi connectivity index (χ3n) is 5.18. The van der Waals surface area contributed by atoms with Crippen LogP contribution >= 0.6 is 0 Å². The first-order chi connectivity index (χ1) is 16.3. The van der Waals surface area contributed by atoms with Gasteiger partial charge in [-0.2, -0.15) is 9.90 Å². The van der Waals surface area contributed by atoms with Crippen LogP contribution in [0.5, 0.6) is 0 Å². The molecule has 1 amide bonds. The van der Waals surface area contributed by atoms with Gasteiger partial charge in [0.05, 0.1) is 6.21 Å². The zero-order valence-corrected chi connectivity index (χ0v) is 17.7. The standard InChI is InChI=1S/C25H21N7O/c33-24(18-32-29-25(28-30-32)20-11-5-2-6-12-20)27-26-15-21-17-31(16-19-9-3-1-4-10-19)23-14-8-7-13-22(21)23/h1-15,17H,16,18H2,(H,27,33). The molecule has 8 heteroatoms. The van der Waals surface area contributed by atoms with Gasteiger partial charge >= 0.3 is 0 Å². The van der Waals surface area contributed by atoms with Crippen molar-refractivity contribution in [3.8, 4) is 11.4 Å². The van der Waals surface area contributed by atoms with Gasteiger partial charge in [-0.25, -0.2) is 5.43 Å². The molecule has 0 fully saturated rings. The summed E-state index contributed by atoms with van der Waals surface area (Å²) in [5, 5.41) is 17.4. The highest BCUT2D eigenvalue weighted by molar-refractivity contribution is 5.99. The lowest BCUT2D eigenvalue weighted by molar-refractivity contribution is -0.122. The molecule has 0 bridgehead atoms. The largest absolute Gasteiger partial charge is 0.342 e. The van der Waals surface area contributed by atoms with Crippen molar-refractivity contribution in [2.75, 3.05) is 0 Å². The van der Waals surface area contributed by atoms with Crippen molar-refractivity contribution in [1.82, 2.24) is 30.2 Å². The van der Waals surface area contributed by atoms with E-state index in [0.717, 1.165) is 28.6 Å². The number of carbonyl (C=O) groups excluding carboxylic acids is 1. The molecule has 0 spiro atoms. The average molecular weight is 435 g/mol. The molecule has 2 aromatic heterocycles. The number of tetrazole rings is 1.